The fourth-order valence-corrected chi connectivity index (χ4v) is 3.04. The molecule has 0 radical (unpaired) electrons. The van der Waals surface area contributed by atoms with Crippen molar-refractivity contribution in [1.29, 1.82) is 0 Å². The Labute approximate surface area is 141 Å². The molecule has 3 aromatic carbocycles. The van der Waals surface area contributed by atoms with Gasteiger partial charge in [0.2, 0.25) is 0 Å². The maximum atomic E-state index is 10.5. The second-order valence-electron chi connectivity index (χ2n) is 5.98. The molecule has 0 aromatic heterocycles. The fraction of sp³-hybridized carbons (Fsp3) is 0.0909. The lowest BCUT2D eigenvalue weighted by Crippen LogP contribution is -2.13. The molecular weight excluding hydrogens is 296 g/mol. The Kier molecular flexibility index (Phi) is 3.80. The summed E-state index contributed by atoms with van der Waals surface area (Å²) in [7, 11) is 0. The van der Waals surface area contributed by atoms with Gasteiger partial charge in [0.25, 0.3) is 0 Å². The van der Waals surface area contributed by atoms with Crippen molar-refractivity contribution in [3.63, 3.8) is 0 Å². The summed E-state index contributed by atoms with van der Waals surface area (Å²) in [5.74, 6) is 1.10. The van der Waals surface area contributed by atoms with Gasteiger partial charge in [-0.25, -0.2) is 0 Å². The van der Waals surface area contributed by atoms with E-state index in [-0.39, 0.29) is 0 Å². The summed E-state index contributed by atoms with van der Waals surface area (Å²) in [6, 6.07) is 26.4. The molecule has 1 N–H and O–H groups in total. The lowest BCUT2D eigenvalue weighted by molar-refractivity contribution is 0.329. The van der Waals surface area contributed by atoms with Gasteiger partial charge >= 0.3 is 0 Å². The highest BCUT2D eigenvalue weighted by atomic mass is 16.5. The van der Waals surface area contributed by atoms with E-state index in [0.717, 1.165) is 16.9 Å². The average Bonchev–Trinajstić information content (AvgIpc) is 2.66. The summed E-state index contributed by atoms with van der Waals surface area (Å²) in [6.45, 7) is 0.434. The predicted octanol–water partition coefficient (Wildman–Crippen LogP) is 5.26. The predicted molar refractivity (Wildman–Crippen MR) is 97.1 cm³/mol. The van der Waals surface area contributed by atoms with Crippen molar-refractivity contribution >= 4 is 5.76 Å². The molecule has 0 saturated carbocycles. The van der Waals surface area contributed by atoms with Gasteiger partial charge in [-0.2, -0.15) is 0 Å². The number of hydrogen-bond donors (Lipinski definition) is 1. The van der Waals surface area contributed by atoms with Gasteiger partial charge in [-0.15, -0.1) is 0 Å². The summed E-state index contributed by atoms with van der Waals surface area (Å²) < 4.78 is 5.75. The minimum absolute atomic E-state index is 0.351. The Morgan fingerprint density at radius 2 is 1.42 bits per heavy atom. The lowest BCUT2D eigenvalue weighted by Gasteiger charge is -2.20. The number of fused-ring (bicyclic) bond motifs is 1. The van der Waals surface area contributed by atoms with Gasteiger partial charge < -0.3 is 9.84 Å². The van der Waals surface area contributed by atoms with Crippen molar-refractivity contribution in [3.05, 3.63) is 95.6 Å². The Morgan fingerprint density at radius 1 is 0.750 bits per heavy atom. The third kappa shape index (κ3) is 2.79. The van der Waals surface area contributed by atoms with E-state index in [1.54, 1.807) is 0 Å². The monoisotopic (exact) mass is 314 g/mol. The first kappa shape index (κ1) is 14.6. The molecule has 0 unspecified atom stereocenters. The minimum Gasteiger partial charge on any atom is -0.507 e. The number of rotatable bonds is 3. The average molecular weight is 314 g/mol. The van der Waals surface area contributed by atoms with Crippen molar-refractivity contribution in [2.24, 2.45) is 0 Å². The Hall–Kier alpha value is -3.00. The van der Waals surface area contributed by atoms with Crippen molar-refractivity contribution < 1.29 is 9.84 Å². The molecule has 0 bridgehead atoms. The van der Waals surface area contributed by atoms with Crippen molar-refractivity contribution in [2.75, 3.05) is 6.61 Å². The highest BCUT2D eigenvalue weighted by Gasteiger charge is 2.19. The van der Waals surface area contributed by atoms with E-state index in [2.05, 4.69) is 36.4 Å². The molecule has 4 rings (SSSR count). The first-order valence-electron chi connectivity index (χ1n) is 8.09. The summed E-state index contributed by atoms with van der Waals surface area (Å²) in [4.78, 5) is 0. The molecule has 2 nitrogen and oxygen atoms in total. The summed E-state index contributed by atoms with van der Waals surface area (Å²) in [5.41, 5.74) is 5.27. The van der Waals surface area contributed by atoms with Crippen LogP contribution in [0.25, 0.3) is 16.9 Å². The Morgan fingerprint density at radius 3 is 2.21 bits per heavy atom. The third-order valence-corrected chi connectivity index (χ3v) is 4.36. The van der Waals surface area contributed by atoms with Crippen LogP contribution in [-0.4, -0.2) is 11.7 Å². The first-order valence-corrected chi connectivity index (χ1v) is 8.09. The maximum absolute atomic E-state index is 10.5. The molecule has 3 aromatic rings. The molecule has 24 heavy (non-hydrogen) atoms. The molecule has 0 spiro atoms. The Balaban J connectivity index is 1.58. The number of ether oxygens (including phenoxy) is 1. The molecule has 118 valence electrons. The normalized spacial score (nSPS) is 13.3. The van der Waals surface area contributed by atoms with Crippen LogP contribution in [0.2, 0.25) is 0 Å². The van der Waals surface area contributed by atoms with Crippen LogP contribution in [0.4, 0.5) is 0 Å². The fourth-order valence-electron chi connectivity index (χ4n) is 3.04. The zero-order valence-electron chi connectivity index (χ0n) is 13.3. The minimum atomic E-state index is 0.351. The van der Waals surface area contributed by atoms with Crippen LogP contribution < -0.4 is 4.74 Å². The van der Waals surface area contributed by atoms with Crippen molar-refractivity contribution in [3.8, 4) is 16.9 Å². The molecule has 2 heteroatoms. The molecule has 0 aliphatic carbocycles. The van der Waals surface area contributed by atoms with E-state index in [9.17, 15) is 5.11 Å². The third-order valence-electron chi connectivity index (χ3n) is 4.36. The van der Waals surface area contributed by atoms with Crippen LogP contribution >= 0.6 is 0 Å². The van der Waals surface area contributed by atoms with E-state index in [1.165, 1.54) is 16.7 Å². The van der Waals surface area contributed by atoms with Gasteiger partial charge in [-0.05, 0) is 28.8 Å². The van der Waals surface area contributed by atoms with Gasteiger partial charge in [0, 0.05) is 12.0 Å². The van der Waals surface area contributed by atoms with Gasteiger partial charge in [0.05, 0.1) is 5.56 Å². The first-order chi connectivity index (χ1) is 11.8. The molecule has 1 aliphatic rings. The number of aliphatic hydroxyl groups excluding tert-OH is 1. The van der Waals surface area contributed by atoms with Crippen LogP contribution in [0, 0.1) is 0 Å². The summed E-state index contributed by atoms with van der Waals surface area (Å²) in [5, 5.41) is 10.5. The number of para-hydroxylation sites is 1. The zero-order chi connectivity index (χ0) is 16.4. The molecule has 0 saturated heterocycles. The second-order valence-corrected chi connectivity index (χ2v) is 5.98. The Bertz CT molecular complexity index is 877. The van der Waals surface area contributed by atoms with Crippen LogP contribution in [0.3, 0.4) is 0 Å². The van der Waals surface area contributed by atoms with Crippen molar-refractivity contribution in [2.45, 2.75) is 6.42 Å². The van der Waals surface area contributed by atoms with Crippen molar-refractivity contribution in [1.82, 2.24) is 0 Å². The number of aliphatic hydroxyl groups is 1. The van der Waals surface area contributed by atoms with Crippen LogP contribution in [0.15, 0.2) is 84.4 Å². The van der Waals surface area contributed by atoms with Gasteiger partial charge in [0.1, 0.15) is 18.1 Å². The molecular formula is C22H18O2. The molecule has 1 heterocycles. The molecule has 0 atom stereocenters. The van der Waals surface area contributed by atoms with Crippen LogP contribution in [-0.2, 0) is 6.42 Å². The summed E-state index contributed by atoms with van der Waals surface area (Å²) in [6.07, 6.45) is 0.690. The lowest BCUT2D eigenvalue weighted by atomic mass is 9.97. The van der Waals surface area contributed by atoms with E-state index < -0.39 is 0 Å². The van der Waals surface area contributed by atoms with E-state index in [0.29, 0.717) is 18.8 Å². The van der Waals surface area contributed by atoms with Crippen LogP contribution in [0.1, 0.15) is 11.1 Å². The SMILES string of the molecule is OC1=C(Cc2ccc(-c3ccccc3)cc2)COc2ccccc21. The van der Waals surface area contributed by atoms with Gasteiger partial charge in [-0.1, -0.05) is 66.7 Å². The molecule has 0 fully saturated rings. The highest BCUT2D eigenvalue weighted by molar-refractivity contribution is 5.70. The quantitative estimate of drug-likeness (QED) is 0.714. The maximum Gasteiger partial charge on any atom is 0.130 e. The second kappa shape index (κ2) is 6.25. The van der Waals surface area contributed by atoms with Gasteiger partial charge in [0.15, 0.2) is 0 Å². The van der Waals surface area contributed by atoms with E-state index >= 15 is 0 Å². The standard InChI is InChI=1S/C22H18O2/c23-22-19(15-24-21-9-5-4-8-20(21)22)14-16-10-12-18(13-11-16)17-6-2-1-3-7-17/h1-13,23H,14-15H2. The van der Waals surface area contributed by atoms with E-state index in [1.807, 2.05) is 42.5 Å². The number of benzene rings is 3. The molecule has 1 aliphatic heterocycles. The summed E-state index contributed by atoms with van der Waals surface area (Å²) >= 11 is 0. The zero-order valence-corrected chi connectivity index (χ0v) is 13.3. The topological polar surface area (TPSA) is 29.5 Å². The smallest absolute Gasteiger partial charge is 0.130 e. The van der Waals surface area contributed by atoms with E-state index in [4.69, 9.17) is 4.74 Å². The molecule has 0 amide bonds. The highest BCUT2D eigenvalue weighted by Crippen LogP contribution is 2.32. The number of hydrogen-bond acceptors (Lipinski definition) is 2. The van der Waals surface area contributed by atoms with Gasteiger partial charge in [-0.3, -0.25) is 0 Å². The van der Waals surface area contributed by atoms with Crippen LogP contribution in [0.5, 0.6) is 5.75 Å². The largest absolute Gasteiger partial charge is 0.507 e.